The van der Waals surface area contributed by atoms with Gasteiger partial charge < -0.3 is 11.1 Å². The summed E-state index contributed by atoms with van der Waals surface area (Å²) >= 11 is 0.879. The van der Waals surface area contributed by atoms with Crippen LogP contribution in [0.2, 0.25) is 0 Å². The molecule has 0 saturated heterocycles. The lowest BCUT2D eigenvalue weighted by Gasteiger charge is -2.14. The third-order valence-corrected chi connectivity index (χ3v) is 3.93. The minimum atomic E-state index is -4.48. The number of halogens is 3. The number of carbonyl (C=O) groups excluding carboxylic acids is 1. The molecule has 22 heavy (non-hydrogen) atoms. The average Bonchev–Trinajstić information content (AvgIpc) is 2.94. The quantitative estimate of drug-likeness (QED) is 0.842. The highest BCUT2D eigenvalue weighted by atomic mass is 32.1. The highest BCUT2D eigenvalue weighted by Crippen LogP contribution is 2.32. The minimum Gasteiger partial charge on any atom is -0.399 e. The van der Waals surface area contributed by atoms with Crippen LogP contribution in [-0.2, 0) is 6.18 Å². The third-order valence-electron chi connectivity index (χ3n) is 2.97. The van der Waals surface area contributed by atoms with Crippen molar-refractivity contribution in [2.75, 3.05) is 5.73 Å². The maximum atomic E-state index is 12.6. The predicted octanol–water partition coefficient (Wildman–Crippen LogP) is 3.63. The van der Waals surface area contributed by atoms with Crippen molar-refractivity contribution in [3.63, 3.8) is 0 Å². The van der Waals surface area contributed by atoms with Crippen LogP contribution in [0, 0.1) is 0 Å². The van der Waals surface area contributed by atoms with Gasteiger partial charge in [-0.2, -0.15) is 13.2 Å². The van der Waals surface area contributed by atoms with Crippen molar-refractivity contribution >= 4 is 22.9 Å². The second-order valence-corrected chi connectivity index (χ2v) is 5.52. The summed E-state index contributed by atoms with van der Waals surface area (Å²) < 4.78 is 37.8. The van der Waals surface area contributed by atoms with Crippen LogP contribution in [0.25, 0.3) is 0 Å². The van der Waals surface area contributed by atoms with Crippen molar-refractivity contribution in [1.29, 1.82) is 0 Å². The van der Waals surface area contributed by atoms with Gasteiger partial charge in [0, 0.05) is 16.6 Å². The Morgan fingerprint density at radius 3 is 2.73 bits per heavy atom. The molecule has 0 aliphatic carbocycles. The number of hydrogen-bond acceptors (Lipinski definition) is 4. The Bertz CT molecular complexity index is 669. The van der Waals surface area contributed by atoms with Crippen LogP contribution in [0.5, 0.6) is 0 Å². The van der Waals surface area contributed by atoms with Crippen LogP contribution >= 0.6 is 11.3 Å². The maximum absolute atomic E-state index is 12.6. The number of amides is 1. The second-order valence-electron chi connectivity index (χ2n) is 4.63. The monoisotopic (exact) mass is 329 g/mol. The molecule has 1 unspecified atom stereocenters. The molecule has 1 atom stereocenters. The first-order chi connectivity index (χ1) is 10.3. The average molecular weight is 329 g/mol. The first-order valence-electron chi connectivity index (χ1n) is 6.50. The van der Waals surface area contributed by atoms with Gasteiger partial charge in [-0.3, -0.25) is 4.79 Å². The van der Waals surface area contributed by atoms with E-state index in [0.717, 1.165) is 16.7 Å². The number of carbonyl (C=O) groups is 1. The van der Waals surface area contributed by atoms with E-state index in [9.17, 15) is 18.0 Å². The fraction of sp³-hybridized carbons (Fsp3) is 0.286. The SMILES string of the molecule is CCC(NC(=O)c1cccc(N)c1)c1nc(C(F)(F)F)cs1. The fourth-order valence-corrected chi connectivity index (χ4v) is 2.80. The Morgan fingerprint density at radius 1 is 1.45 bits per heavy atom. The van der Waals surface area contributed by atoms with Gasteiger partial charge in [0.05, 0.1) is 6.04 Å². The van der Waals surface area contributed by atoms with Crippen molar-refractivity contribution in [3.05, 3.63) is 45.9 Å². The Hall–Kier alpha value is -2.09. The molecule has 1 aromatic heterocycles. The number of nitrogens with one attached hydrogen (secondary N) is 1. The Labute approximate surface area is 129 Å². The standard InChI is InChI=1S/C14H14F3N3OS/c1-2-10(13-20-11(7-22-13)14(15,16)17)19-12(21)8-4-3-5-9(18)6-8/h3-7,10H,2,18H2,1H3,(H,19,21). The van der Waals surface area contributed by atoms with Gasteiger partial charge in [-0.15, -0.1) is 11.3 Å². The molecule has 0 aliphatic rings. The lowest BCUT2D eigenvalue weighted by Crippen LogP contribution is -2.28. The van der Waals surface area contributed by atoms with Gasteiger partial charge in [0.15, 0.2) is 5.69 Å². The molecule has 2 aromatic rings. The lowest BCUT2D eigenvalue weighted by molar-refractivity contribution is -0.140. The number of benzene rings is 1. The van der Waals surface area contributed by atoms with Crippen molar-refractivity contribution < 1.29 is 18.0 Å². The summed E-state index contributed by atoms with van der Waals surface area (Å²) in [7, 11) is 0. The summed E-state index contributed by atoms with van der Waals surface area (Å²) in [4.78, 5) is 15.7. The zero-order chi connectivity index (χ0) is 16.3. The van der Waals surface area contributed by atoms with E-state index in [0.29, 0.717) is 17.7 Å². The van der Waals surface area contributed by atoms with Gasteiger partial charge >= 0.3 is 6.18 Å². The largest absolute Gasteiger partial charge is 0.434 e. The molecule has 0 bridgehead atoms. The molecule has 1 heterocycles. The zero-order valence-corrected chi connectivity index (χ0v) is 12.5. The first-order valence-corrected chi connectivity index (χ1v) is 7.38. The Balaban J connectivity index is 2.15. The van der Waals surface area contributed by atoms with Gasteiger partial charge in [-0.05, 0) is 24.6 Å². The molecular weight excluding hydrogens is 315 g/mol. The number of anilines is 1. The van der Waals surface area contributed by atoms with Crippen LogP contribution in [0.15, 0.2) is 29.6 Å². The molecule has 8 heteroatoms. The van der Waals surface area contributed by atoms with Crippen molar-refractivity contribution in [2.45, 2.75) is 25.6 Å². The molecule has 1 amide bonds. The number of nitrogens with two attached hydrogens (primary N) is 1. The summed E-state index contributed by atoms with van der Waals surface area (Å²) in [6.07, 6.45) is -4.05. The predicted molar refractivity (Wildman–Crippen MR) is 78.5 cm³/mol. The fourth-order valence-electron chi connectivity index (χ4n) is 1.84. The normalized spacial score (nSPS) is 12.9. The topological polar surface area (TPSA) is 68.0 Å². The molecule has 0 aliphatic heterocycles. The van der Waals surface area contributed by atoms with Gasteiger partial charge in [0.25, 0.3) is 5.91 Å². The molecule has 3 N–H and O–H groups in total. The number of nitrogens with zero attached hydrogens (tertiary/aromatic N) is 1. The number of hydrogen-bond donors (Lipinski definition) is 2. The van der Waals surface area contributed by atoms with Gasteiger partial charge in [0.2, 0.25) is 0 Å². The number of rotatable bonds is 4. The van der Waals surface area contributed by atoms with Crippen LogP contribution in [0.3, 0.4) is 0 Å². The molecule has 4 nitrogen and oxygen atoms in total. The molecule has 1 aromatic carbocycles. The van der Waals surface area contributed by atoms with E-state index in [1.807, 2.05) is 0 Å². The Morgan fingerprint density at radius 2 is 2.18 bits per heavy atom. The second kappa shape index (κ2) is 6.35. The molecular formula is C14H14F3N3OS. The van der Waals surface area contributed by atoms with Crippen molar-refractivity contribution in [1.82, 2.24) is 10.3 Å². The van der Waals surface area contributed by atoms with Crippen LogP contribution < -0.4 is 11.1 Å². The van der Waals surface area contributed by atoms with Crippen LogP contribution in [0.4, 0.5) is 18.9 Å². The summed E-state index contributed by atoms with van der Waals surface area (Å²) in [5.41, 5.74) is 5.46. The molecule has 0 fully saturated rings. The van der Waals surface area contributed by atoms with Crippen molar-refractivity contribution in [3.8, 4) is 0 Å². The molecule has 0 spiro atoms. The van der Waals surface area contributed by atoms with Crippen molar-refractivity contribution in [2.24, 2.45) is 0 Å². The van der Waals surface area contributed by atoms with Gasteiger partial charge in [-0.1, -0.05) is 13.0 Å². The number of aromatic nitrogens is 1. The highest BCUT2D eigenvalue weighted by Gasteiger charge is 2.34. The van der Waals surface area contributed by atoms with E-state index in [-0.39, 0.29) is 5.01 Å². The van der Waals surface area contributed by atoms with Crippen LogP contribution in [0.1, 0.15) is 40.4 Å². The van der Waals surface area contributed by atoms with Crippen LogP contribution in [-0.4, -0.2) is 10.9 Å². The number of thiazole rings is 1. The summed E-state index contributed by atoms with van der Waals surface area (Å²) in [5.74, 6) is -0.400. The maximum Gasteiger partial charge on any atom is 0.434 e. The third kappa shape index (κ3) is 3.76. The van der Waals surface area contributed by atoms with Gasteiger partial charge in [-0.25, -0.2) is 4.98 Å². The Kier molecular flexibility index (Phi) is 4.70. The zero-order valence-electron chi connectivity index (χ0n) is 11.6. The molecule has 0 saturated carbocycles. The van der Waals surface area contributed by atoms with E-state index in [1.54, 1.807) is 25.1 Å². The van der Waals surface area contributed by atoms with E-state index in [2.05, 4.69) is 10.3 Å². The number of nitrogen functional groups attached to an aromatic ring is 1. The van der Waals surface area contributed by atoms with E-state index in [4.69, 9.17) is 5.73 Å². The number of alkyl halides is 3. The first kappa shape index (κ1) is 16.3. The van der Waals surface area contributed by atoms with E-state index >= 15 is 0 Å². The van der Waals surface area contributed by atoms with E-state index < -0.39 is 23.8 Å². The molecule has 118 valence electrons. The highest BCUT2D eigenvalue weighted by molar-refractivity contribution is 7.09. The minimum absolute atomic E-state index is 0.229. The summed E-state index contributed by atoms with van der Waals surface area (Å²) in [6.45, 7) is 1.76. The summed E-state index contributed by atoms with van der Waals surface area (Å²) in [5, 5.41) is 3.86. The molecule has 2 rings (SSSR count). The van der Waals surface area contributed by atoms with Gasteiger partial charge in [0.1, 0.15) is 5.01 Å². The lowest BCUT2D eigenvalue weighted by atomic mass is 10.1. The summed E-state index contributed by atoms with van der Waals surface area (Å²) in [6, 6.07) is 5.79. The van der Waals surface area contributed by atoms with E-state index in [1.165, 1.54) is 6.07 Å². The molecule has 0 radical (unpaired) electrons. The smallest absolute Gasteiger partial charge is 0.399 e.